The molecule has 2 N–H and O–H groups in total. The summed E-state index contributed by atoms with van der Waals surface area (Å²) in [6.45, 7) is 1.91. The lowest BCUT2D eigenvalue weighted by molar-refractivity contribution is 0.117. The molecule has 0 saturated carbocycles. The topological polar surface area (TPSA) is 57.4 Å². The second kappa shape index (κ2) is 4.09. The summed E-state index contributed by atoms with van der Waals surface area (Å²) in [4.78, 5) is 3.93. The van der Waals surface area contributed by atoms with Gasteiger partial charge in [-0.05, 0) is 6.92 Å². The Hall–Kier alpha value is -1.29. The molecule has 0 aliphatic heterocycles. The normalized spacial score (nSPS) is 12.5. The van der Waals surface area contributed by atoms with Crippen LogP contribution in [0.25, 0.3) is 0 Å². The zero-order chi connectivity index (χ0) is 9.84. The molecule has 1 aromatic rings. The van der Waals surface area contributed by atoms with Crippen molar-refractivity contribution in [1.82, 2.24) is 4.98 Å². The third-order valence-electron chi connectivity index (χ3n) is 1.96. The minimum Gasteiger partial charge on any atom is -0.495 e. The molecule has 0 amide bonds. The number of pyridine rings is 1. The van der Waals surface area contributed by atoms with Gasteiger partial charge in [-0.25, -0.2) is 0 Å². The molecule has 0 bridgehead atoms. The van der Waals surface area contributed by atoms with Crippen LogP contribution in [-0.2, 0) is 4.74 Å². The molecular weight excluding hydrogens is 168 g/mol. The van der Waals surface area contributed by atoms with Gasteiger partial charge in [0.25, 0.3) is 0 Å². The zero-order valence-electron chi connectivity index (χ0n) is 8.07. The molecule has 4 nitrogen and oxygen atoms in total. The number of rotatable bonds is 3. The second-order valence-corrected chi connectivity index (χ2v) is 2.72. The van der Waals surface area contributed by atoms with Gasteiger partial charge in [0, 0.05) is 12.7 Å². The predicted molar refractivity (Wildman–Crippen MR) is 50.6 cm³/mol. The zero-order valence-corrected chi connectivity index (χ0v) is 8.07. The molecule has 0 aliphatic rings. The molecule has 0 saturated heterocycles. The van der Waals surface area contributed by atoms with Crippen LogP contribution in [0.2, 0.25) is 0 Å². The van der Waals surface area contributed by atoms with Crippen LogP contribution in [0.4, 0.5) is 5.69 Å². The number of nitrogens with two attached hydrogens (primary N) is 1. The first-order chi connectivity index (χ1) is 6.20. The van der Waals surface area contributed by atoms with E-state index >= 15 is 0 Å². The second-order valence-electron chi connectivity index (χ2n) is 2.72. The minimum absolute atomic E-state index is 0.0852. The van der Waals surface area contributed by atoms with Crippen LogP contribution in [0, 0.1) is 0 Å². The van der Waals surface area contributed by atoms with Gasteiger partial charge in [-0.2, -0.15) is 0 Å². The Kier molecular flexibility index (Phi) is 3.08. The molecule has 0 aliphatic carbocycles. The lowest BCUT2D eigenvalue weighted by Gasteiger charge is -2.15. The number of ether oxygens (including phenoxy) is 2. The van der Waals surface area contributed by atoms with Crippen molar-refractivity contribution in [2.45, 2.75) is 13.0 Å². The van der Waals surface area contributed by atoms with Gasteiger partial charge in [0.05, 0.1) is 31.3 Å². The fraction of sp³-hybridized carbons (Fsp3) is 0.444. The molecule has 0 spiro atoms. The van der Waals surface area contributed by atoms with Crippen molar-refractivity contribution < 1.29 is 9.47 Å². The average Bonchev–Trinajstić information content (AvgIpc) is 2.16. The van der Waals surface area contributed by atoms with E-state index in [1.165, 1.54) is 0 Å². The van der Waals surface area contributed by atoms with Crippen molar-refractivity contribution in [3.8, 4) is 5.75 Å². The third-order valence-corrected chi connectivity index (χ3v) is 1.96. The van der Waals surface area contributed by atoms with Gasteiger partial charge in [0.2, 0.25) is 0 Å². The lowest BCUT2D eigenvalue weighted by Crippen LogP contribution is -2.04. The predicted octanol–water partition coefficient (Wildman–Crippen LogP) is 1.38. The highest BCUT2D eigenvalue weighted by molar-refractivity contribution is 5.52. The molecule has 4 heteroatoms. The third kappa shape index (κ3) is 1.89. The fourth-order valence-electron chi connectivity index (χ4n) is 1.18. The van der Waals surface area contributed by atoms with E-state index in [2.05, 4.69) is 4.98 Å². The number of methoxy groups -OCH3 is 2. The largest absolute Gasteiger partial charge is 0.495 e. The Bertz CT molecular complexity index is 289. The van der Waals surface area contributed by atoms with Crippen molar-refractivity contribution in [2.75, 3.05) is 20.0 Å². The summed E-state index contributed by atoms with van der Waals surface area (Å²) >= 11 is 0. The van der Waals surface area contributed by atoms with E-state index in [1.807, 2.05) is 6.92 Å². The highest BCUT2D eigenvalue weighted by atomic mass is 16.5. The monoisotopic (exact) mass is 182 g/mol. The summed E-state index contributed by atoms with van der Waals surface area (Å²) in [6.07, 6.45) is 3.13. The van der Waals surface area contributed by atoms with Gasteiger partial charge in [0.1, 0.15) is 5.75 Å². The highest BCUT2D eigenvalue weighted by Crippen LogP contribution is 2.30. The van der Waals surface area contributed by atoms with Crippen LogP contribution in [0.15, 0.2) is 12.4 Å². The van der Waals surface area contributed by atoms with Gasteiger partial charge in [-0.3, -0.25) is 4.98 Å². The quantitative estimate of drug-likeness (QED) is 0.767. The first-order valence-corrected chi connectivity index (χ1v) is 4.00. The van der Waals surface area contributed by atoms with E-state index in [0.29, 0.717) is 11.4 Å². The van der Waals surface area contributed by atoms with Gasteiger partial charge in [-0.15, -0.1) is 0 Å². The summed E-state index contributed by atoms with van der Waals surface area (Å²) in [6, 6.07) is 0. The number of nitrogens with zero attached hydrogens (tertiary/aromatic N) is 1. The molecule has 1 rings (SSSR count). The minimum atomic E-state index is -0.0852. The fourth-order valence-corrected chi connectivity index (χ4v) is 1.18. The molecule has 1 unspecified atom stereocenters. The van der Waals surface area contributed by atoms with Crippen LogP contribution >= 0.6 is 0 Å². The maximum atomic E-state index is 5.75. The maximum absolute atomic E-state index is 5.75. The summed E-state index contributed by atoms with van der Waals surface area (Å²) in [5.74, 6) is 0.661. The van der Waals surface area contributed by atoms with E-state index in [-0.39, 0.29) is 6.10 Å². The van der Waals surface area contributed by atoms with E-state index in [4.69, 9.17) is 15.2 Å². The molecule has 13 heavy (non-hydrogen) atoms. The first-order valence-electron chi connectivity index (χ1n) is 4.00. The molecule has 0 radical (unpaired) electrons. The van der Waals surface area contributed by atoms with Crippen molar-refractivity contribution >= 4 is 5.69 Å². The number of hydrogen-bond acceptors (Lipinski definition) is 4. The van der Waals surface area contributed by atoms with Crippen LogP contribution in [0.1, 0.15) is 18.6 Å². The Morgan fingerprint density at radius 3 is 2.62 bits per heavy atom. The van der Waals surface area contributed by atoms with Crippen LogP contribution in [-0.4, -0.2) is 19.2 Å². The number of nitrogen functional groups attached to an aromatic ring is 1. The number of hydrogen-bond donors (Lipinski definition) is 1. The standard InChI is InChI=1S/C9H14N2O2/c1-6(12-2)9-7(10)4-11-5-8(9)13-3/h4-6H,10H2,1-3H3. The van der Waals surface area contributed by atoms with E-state index < -0.39 is 0 Å². The highest BCUT2D eigenvalue weighted by Gasteiger charge is 2.14. The molecule has 1 aromatic heterocycles. The Labute approximate surface area is 77.7 Å². The van der Waals surface area contributed by atoms with E-state index in [1.54, 1.807) is 26.6 Å². The van der Waals surface area contributed by atoms with Gasteiger partial charge in [0.15, 0.2) is 0 Å². The van der Waals surface area contributed by atoms with Gasteiger partial charge >= 0.3 is 0 Å². The van der Waals surface area contributed by atoms with Crippen molar-refractivity contribution in [3.05, 3.63) is 18.0 Å². The summed E-state index contributed by atoms with van der Waals surface area (Å²) in [7, 11) is 3.21. The van der Waals surface area contributed by atoms with E-state index in [0.717, 1.165) is 5.56 Å². The molecule has 0 fully saturated rings. The average molecular weight is 182 g/mol. The van der Waals surface area contributed by atoms with Crippen molar-refractivity contribution in [2.24, 2.45) is 0 Å². The van der Waals surface area contributed by atoms with Crippen molar-refractivity contribution in [1.29, 1.82) is 0 Å². The lowest BCUT2D eigenvalue weighted by atomic mass is 10.1. The first kappa shape index (κ1) is 9.80. The van der Waals surface area contributed by atoms with Gasteiger partial charge < -0.3 is 15.2 Å². The SMILES string of the molecule is COc1cncc(N)c1C(C)OC. The van der Waals surface area contributed by atoms with Crippen molar-refractivity contribution in [3.63, 3.8) is 0 Å². The molecular formula is C9H14N2O2. The van der Waals surface area contributed by atoms with Crippen LogP contribution < -0.4 is 10.5 Å². The van der Waals surface area contributed by atoms with Gasteiger partial charge in [-0.1, -0.05) is 0 Å². The maximum Gasteiger partial charge on any atom is 0.145 e. The summed E-state index contributed by atoms with van der Waals surface area (Å²) in [5, 5.41) is 0. The Morgan fingerprint density at radius 1 is 1.38 bits per heavy atom. The van der Waals surface area contributed by atoms with E-state index in [9.17, 15) is 0 Å². The summed E-state index contributed by atoms with van der Waals surface area (Å²) in [5.41, 5.74) is 7.19. The molecule has 1 atom stereocenters. The number of anilines is 1. The Balaban J connectivity index is 3.14. The molecule has 72 valence electrons. The van der Waals surface area contributed by atoms with Crippen LogP contribution in [0.5, 0.6) is 5.75 Å². The summed E-state index contributed by atoms with van der Waals surface area (Å²) < 4.78 is 10.3. The molecule has 1 heterocycles. The van der Waals surface area contributed by atoms with Crippen LogP contribution in [0.3, 0.4) is 0 Å². The smallest absolute Gasteiger partial charge is 0.145 e. The Morgan fingerprint density at radius 2 is 2.08 bits per heavy atom. The number of aromatic nitrogens is 1. The molecule has 0 aromatic carbocycles.